The van der Waals surface area contributed by atoms with Crippen molar-refractivity contribution >= 4 is 29.0 Å². The van der Waals surface area contributed by atoms with E-state index in [-0.39, 0.29) is 11.7 Å². The van der Waals surface area contributed by atoms with Gasteiger partial charge >= 0.3 is 0 Å². The summed E-state index contributed by atoms with van der Waals surface area (Å²) < 4.78 is 5.40. The van der Waals surface area contributed by atoms with Crippen molar-refractivity contribution in [3.63, 3.8) is 0 Å². The van der Waals surface area contributed by atoms with Gasteiger partial charge in [0.1, 0.15) is 5.76 Å². The average Bonchev–Trinajstić information content (AvgIpc) is 2.71. The van der Waals surface area contributed by atoms with Crippen molar-refractivity contribution in [2.75, 3.05) is 16.8 Å². The minimum Gasteiger partial charge on any atom is -0.437 e. The molecular weight excluding hydrogens is 274 g/mol. The molecule has 0 fully saturated rings. The van der Waals surface area contributed by atoms with Crippen LogP contribution in [0.25, 0.3) is 0 Å². The minimum atomic E-state index is -0.119. The van der Waals surface area contributed by atoms with Gasteiger partial charge in [-0.25, -0.2) is 4.98 Å². The first-order valence-corrected chi connectivity index (χ1v) is 7.17. The van der Waals surface area contributed by atoms with Gasteiger partial charge < -0.3 is 15.5 Å². The summed E-state index contributed by atoms with van der Waals surface area (Å²) in [6.45, 7) is 5.64. The van der Waals surface area contributed by atoms with Crippen LogP contribution in [-0.4, -0.2) is 16.6 Å². The second-order valence-electron chi connectivity index (χ2n) is 4.53. The molecule has 20 heavy (non-hydrogen) atoms. The molecule has 0 radical (unpaired) electrons. The predicted molar refractivity (Wildman–Crippen MR) is 80.9 cm³/mol. The van der Waals surface area contributed by atoms with Gasteiger partial charge in [-0.15, -0.1) is 0 Å². The molecular formula is C14H17N3O2S. The monoisotopic (exact) mass is 291 g/mol. The fourth-order valence-corrected chi connectivity index (χ4v) is 2.26. The number of nitrogens with zero attached hydrogens (tertiary/aromatic N) is 1. The van der Waals surface area contributed by atoms with Gasteiger partial charge in [0, 0.05) is 11.4 Å². The first-order chi connectivity index (χ1) is 9.45. The molecule has 0 atom stereocenters. The molecule has 1 amide bonds. The van der Waals surface area contributed by atoms with E-state index >= 15 is 0 Å². The van der Waals surface area contributed by atoms with E-state index in [1.165, 1.54) is 11.8 Å². The number of nitrogens with one attached hydrogen (secondary N) is 1. The van der Waals surface area contributed by atoms with Crippen molar-refractivity contribution in [1.82, 2.24) is 4.98 Å². The molecule has 0 saturated heterocycles. The molecule has 0 aliphatic carbocycles. The van der Waals surface area contributed by atoms with Crippen LogP contribution in [0.2, 0.25) is 0 Å². The number of rotatable bonds is 4. The number of nitrogen functional groups attached to an aromatic ring is 1. The van der Waals surface area contributed by atoms with Crippen LogP contribution in [0.15, 0.2) is 27.8 Å². The summed E-state index contributed by atoms with van der Waals surface area (Å²) in [5.41, 5.74) is 8.99. The third kappa shape index (κ3) is 3.54. The number of benzene rings is 1. The highest BCUT2D eigenvalue weighted by atomic mass is 32.2. The molecule has 106 valence electrons. The first-order valence-electron chi connectivity index (χ1n) is 6.18. The molecule has 0 unspecified atom stereocenters. The van der Waals surface area contributed by atoms with Crippen LogP contribution in [0.3, 0.4) is 0 Å². The number of thioether (sulfide) groups is 1. The summed E-state index contributed by atoms with van der Waals surface area (Å²) in [7, 11) is 0. The summed E-state index contributed by atoms with van der Waals surface area (Å²) in [6, 6.07) is 5.45. The van der Waals surface area contributed by atoms with Crippen LogP contribution >= 0.6 is 11.8 Å². The largest absolute Gasteiger partial charge is 0.437 e. The van der Waals surface area contributed by atoms with Gasteiger partial charge in [-0.3, -0.25) is 4.79 Å². The number of oxazole rings is 1. The normalized spacial score (nSPS) is 10.6. The second-order valence-corrected chi connectivity index (χ2v) is 5.46. The Labute approximate surface area is 122 Å². The van der Waals surface area contributed by atoms with Gasteiger partial charge in [0.25, 0.3) is 5.22 Å². The van der Waals surface area contributed by atoms with Crippen molar-refractivity contribution in [3.8, 4) is 0 Å². The number of hydrogen-bond acceptors (Lipinski definition) is 5. The Morgan fingerprint density at radius 3 is 2.75 bits per heavy atom. The SMILES string of the molecule is Cc1ccc(NC(=O)CSc2nc(C)c(C)o2)cc1N. The Kier molecular flexibility index (Phi) is 4.34. The van der Waals surface area contributed by atoms with Crippen LogP contribution in [0.1, 0.15) is 17.0 Å². The molecule has 6 heteroatoms. The van der Waals surface area contributed by atoms with Gasteiger partial charge in [0.2, 0.25) is 5.91 Å². The quantitative estimate of drug-likeness (QED) is 0.668. The van der Waals surface area contributed by atoms with Gasteiger partial charge in [0.15, 0.2) is 0 Å². The molecule has 0 spiro atoms. The summed E-state index contributed by atoms with van der Waals surface area (Å²) in [6.07, 6.45) is 0. The maximum Gasteiger partial charge on any atom is 0.256 e. The number of anilines is 2. The zero-order chi connectivity index (χ0) is 14.7. The van der Waals surface area contributed by atoms with Crippen LogP contribution < -0.4 is 11.1 Å². The molecule has 1 aromatic heterocycles. The highest BCUT2D eigenvalue weighted by Gasteiger charge is 2.09. The number of hydrogen-bond donors (Lipinski definition) is 2. The topological polar surface area (TPSA) is 81.2 Å². The molecule has 1 heterocycles. The van der Waals surface area contributed by atoms with E-state index in [0.29, 0.717) is 16.6 Å². The van der Waals surface area contributed by atoms with Crippen molar-refractivity contribution in [3.05, 3.63) is 35.2 Å². The molecule has 2 rings (SSSR count). The van der Waals surface area contributed by atoms with E-state index in [9.17, 15) is 4.79 Å². The van der Waals surface area contributed by atoms with Crippen molar-refractivity contribution in [2.45, 2.75) is 26.0 Å². The first kappa shape index (κ1) is 14.5. The van der Waals surface area contributed by atoms with Crippen LogP contribution in [0.5, 0.6) is 0 Å². The zero-order valence-corrected chi connectivity index (χ0v) is 12.5. The molecule has 0 saturated carbocycles. The van der Waals surface area contributed by atoms with Crippen molar-refractivity contribution < 1.29 is 9.21 Å². The molecule has 0 aliphatic rings. The molecule has 1 aromatic carbocycles. The zero-order valence-electron chi connectivity index (χ0n) is 11.7. The van der Waals surface area contributed by atoms with Gasteiger partial charge in [-0.2, -0.15) is 0 Å². The van der Waals surface area contributed by atoms with Gasteiger partial charge in [-0.05, 0) is 38.5 Å². The molecule has 0 aliphatic heterocycles. The predicted octanol–water partition coefficient (Wildman–Crippen LogP) is 2.91. The smallest absolute Gasteiger partial charge is 0.256 e. The number of carbonyl (C=O) groups is 1. The van der Waals surface area contributed by atoms with Crippen molar-refractivity contribution in [2.24, 2.45) is 0 Å². The maximum atomic E-state index is 11.8. The van der Waals surface area contributed by atoms with E-state index in [1.807, 2.05) is 32.9 Å². The lowest BCUT2D eigenvalue weighted by Crippen LogP contribution is -2.14. The lowest BCUT2D eigenvalue weighted by Gasteiger charge is -2.06. The Bertz CT molecular complexity index is 618. The Balaban J connectivity index is 1.90. The summed E-state index contributed by atoms with van der Waals surface area (Å²) in [5.74, 6) is 0.902. The lowest BCUT2D eigenvalue weighted by molar-refractivity contribution is -0.113. The average molecular weight is 291 g/mol. The van der Waals surface area contributed by atoms with Crippen LogP contribution in [0.4, 0.5) is 11.4 Å². The van der Waals surface area contributed by atoms with E-state index in [2.05, 4.69) is 10.3 Å². The lowest BCUT2D eigenvalue weighted by atomic mass is 10.2. The highest BCUT2D eigenvalue weighted by Crippen LogP contribution is 2.21. The van der Waals surface area contributed by atoms with E-state index in [4.69, 9.17) is 10.2 Å². The Morgan fingerprint density at radius 1 is 1.40 bits per heavy atom. The second kappa shape index (κ2) is 6.00. The molecule has 3 N–H and O–H groups in total. The minimum absolute atomic E-state index is 0.119. The summed E-state index contributed by atoms with van der Waals surface area (Å²) in [5, 5.41) is 3.30. The molecule has 0 bridgehead atoms. The Morgan fingerprint density at radius 2 is 2.15 bits per heavy atom. The Hall–Kier alpha value is -1.95. The number of aryl methyl sites for hydroxylation is 3. The van der Waals surface area contributed by atoms with E-state index < -0.39 is 0 Å². The summed E-state index contributed by atoms with van der Waals surface area (Å²) >= 11 is 1.27. The molecule has 2 aromatic rings. The fraction of sp³-hybridized carbons (Fsp3) is 0.286. The number of carbonyl (C=O) groups excluding carboxylic acids is 1. The van der Waals surface area contributed by atoms with E-state index in [1.54, 1.807) is 6.07 Å². The number of amides is 1. The fourth-order valence-electron chi connectivity index (χ4n) is 1.55. The highest BCUT2D eigenvalue weighted by molar-refractivity contribution is 7.99. The van der Waals surface area contributed by atoms with E-state index in [0.717, 1.165) is 17.0 Å². The standard InChI is InChI=1S/C14H17N3O2S/c1-8-4-5-11(6-12(8)15)17-13(18)7-20-14-16-9(2)10(3)19-14/h4-6H,7,15H2,1-3H3,(H,17,18). The summed E-state index contributed by atoms with van der Waals surface area (Å²) in [4.78, 5) is 16.0. The van der Waals surface area contributed by atoms with Crippen molar-refractivity contribution in [1.29, 1.82) is 0 Å². The molecule has 5 nitrogen and oxygen atoms in total. The van der Waals surface area contributed by atoms with Gasteiger partial charge in [-0.1, -0.05) is 17.8 Å². The van der Waals surface area contributed by atoms with Crippen LogP contribution in [-0.2, 0) is 4.79 Å². The van der Waals surface area contributed by atoms with Gasteiger partial charge in [0.05, 0.1) is 11.4 Å². The van der Waals surface area contributed by atoms with Crippen LogP contribution in [0, 0.1) is 20.8 Å². The maximum absolute atomic E-state index is 11.8. The third-order valence-electron chi connectivity index (χ3n) is 2.90. The number of nitrogens with two attached hydrogens (primary N) is 1. The third-order valence-corrected chi connectivity index (χ3v) is 3.73. The number of aromatic nitrogens is 1.